The summed E-state index contributed by atoms with van der Waals surface area (Å²) in [6.07, 6.45) is 7.72. The van der Waals surface area contributed by atoms with E-state index in [2.05, 4.69) is 17.3 Å². The summed E-state index contributed by atoms with van der Waals surface area (Å²) in [4.78, 5) is 26.2. The Balaban J connectivity index is 1.87. The monoisotopic (exact) mass is 296 g/mol. The summed E-state index contributed by atoms with van der Waals surface area (Å²) in [7, 11) is 2.08. The second kappa shape index (κ2) is 7.25. The first-order valence-electron chi connectivity index (χ1n) is 8.24. The highest BCUT2D eigenvalue weighted by atomic mass is 16.4. The summed E-state index contributed by atoms with van der Waals surface area (Å²) in [6, 6.07) is 0.406. The van der Waals surface area contributed by atoms with Gasteiger partial charge >= 0.3 is 5.97 Å². The lowest BCUT2D eigenvalue weighted by molar-refractivity contribution is -0.152. The zero-order valence-corrected chi connectivity index (χ0v) is 13.1. The summed E-state index contributed by atoms with van der Waals surface area (Å²) in [5, 5.41) is 12.6. The lowest BCUT2D eigenvalue weighted by atomic mass is 9.77. The molecule has 0 aromatic carbocycles. The van der Waals surface area contributed by atoms with Gasteiger partial charge in [-0.15, -0.1) is 0 Å². The van der Waals surface area contributed by atoms with Crippen LogP contribution in [0.15, 0.2) is 0 Å². The number of likely N-dealkylation sites (N-methyl/N-ethyl adjacent to an activating group) is 1. The number of amides is 1. The zero-order valence-electron chi connectivity index (χ0n) is 13.1. The highest BCUT2D eigenvalue weighted by Gasteiger charge is 2.40. The Morgan fingerprint density at radius 1 is 1.19 bits per heavy atom. The minimum Gasteiger partial charge on any atom is -0.481 e. The molecule has 1 amide bonds. The SMILES string of the molecule is CN1CCCC1CNC(=O)CC1(C(=O)O)CCCCCC1. The van der Waals surface area contributed by atoms with Crippen molar-refractivity contribution in [1.82, 2.24) is 10.2 Å². The van der Waals surface area contributed by atoms with Crippen LogP contribution in [-0.2, 0) is 9.59 Å². The van der Waals surface area contributed by atoms with Gasteiger partial charge in [-0.05, 0) is 39.3 Å². The first kappa shape index (κ1) is 16.3. The number of likely N-dealkylation sites (tertiary alicyclic amines) is 1. The maximum Gasteiger partial charge on any atom is 0.310 e. The number of hydrogen-bond donors (Lipinski definition) is 2. The second-order valence-corrected chi connectivity index (χ2v) is 6.76. The Morgan fingerprint density at radius 3 is 2.38 bits per heavy atom. The Kier molecular flexibility index (Phi) is 5.62. The van der Waals surface area contributed by atoms with E-state index in [4.69, 9.17) is 0 Å². The fourth-order valence-corrected chi connectivity index (χ4v) is 3.71. The van der Waals surface area contributed by atoms with Crippen LogP contribution in [0.2, 0.25) is 0 Å². The molecule has 0 spiro atoms. The van der Waals surface area contributed by atoms with E-state index < -0.39 is 11.4 Å². The van der Waals surface area contributed by atoms with Crippen LogP contribution in [0.25, 0.3) is 0 Å². The summed E-state index contributed by atoms with van der Waals surface area (Å²) in [6.45, 7) is 1.73. The first-order valence-corrected chi connectivity index (χ1v) is 8.24. The number of nitrogens with one attached hydrogen (secondary N) is 1. The maximum atomic E-state index is 12.2. The number of carboxylic acid groups (broad SMARTS) is 1. The topological polar surface area (TPSA) is 69.6 Å². The van der Waals surface area contributed by atoms with Crippen LogP contribution < -0.4 is 5.32 Å². The van der Waals surface area contributed by atoms with Gasteiger partial charge in [0.25, 0.3) is 0 Å². The molecule has 120 valence electrons. The van der Waals surface area contributed by atoms with Crippen LogP contribution in [0.4, 0.5) is 0 Å². The Labute approximate surface area is 127 Å². The van der Waals surface area contributed by atoms with Crippen molar-refractivity contribution in [3.63, 3.8) is 0 Å². The Bertz CT molecular complexity index is 376. The van der Waals surface area contributed by atoms with Gasteiger partial charge in [0.1, 0.15) is 0 Å². The van der Waals surface area contributed by atoms with E-state index >= 15 is 0 Å². The Hall–Kier alpha value is -1.10. The minimum absolute atomic E-state index is 0.0976. The van der Waals surface area contributed by atoms with Crippen LogP contribution in [0.1, 0.15) is 57.8 Å². The maximum absolute atomic E-state index is 12.2. The number of carbonyl (C=O) groups is 2. The van der Waals surface area contributed by atoms with Gasteiger partial charge in [0, 0.05) is 19.0 Å². The third kappa shape index (κ3) is 4.19. The van der Waals surface area contributed by atoms with Gasteiger partial charge in [-0.2, -0.15) is 0 Å². The number of hydrogen-bond acceptors (Lipinski definition) is 3. The van der Waals surface area contributed by atoms with Gasteiger partial charge in [0.15, 0.2) is 0 Å². The van der Waals surface area contributed by atoms with Gasteiger partial charge in [0.05, 0.1) is 5.41 Å². The number of nitrogens with zero attached hydrogens (tertiary/aromatic N) is 1. The van der Waals surface area contributed by atoms with Crippen LogP contribution >= 0.6 is 0 Å². The highest BCUT2D eigenvalue weighted by molar-refractivity contribution is 5.85. The van der Waals surface area contributed by atoms with Crippen molar-refractivity contribution < 1.29 is 14.7 Å². The molecule has 1 atom stereocenters. The third-order valence-corrected chi connectivity index (χ3v) is 5.22. The number of rotatable bonds is 5. The standard InChI is InChI=1S/C16H28N2O3/c1-18-10-6-7-13(18)12-17-14(19)11-16(15(20)21)8-4-2-3-5-9-16/h13H,2-12H2,1H3,(H,17,19)(H,20,21). The molecule has 2 rings (SSSR count). The quantitative estimate of drug-likeness (QED) is 0.762. The molecule has 0 radical (unpaired) electrons. The molecule has 1 heterocycles. The lowest BCUT2D eigenvalue weighted by Crippen LogP contribution is -2.42. The molecule has 2 N–H and O–H groups in total. The van der Waals surface area contributed by atoms with E-state index in [0.29, 0.717) is 25.4 Å². The van der Waals surface area contributed by atoms with E-state index in [1.54, 1.807) is 0 Å². The minimum atomic E-state index is -0.831. The van der Waals surface area contributed by atoms with Crippen LogP contribution in [0, 0.1) is 5.41 Å². The van der Waals surface area contributed by atoms with E-state index in [1.165, 1.54) is 6.42 Å². The number of carbonyl (C=O) groups excluding carboxylic acids is 1. The molecule has 2 fully saturated rings. The molecule has 5 heteroatoms. The van der Waals surface area contributed by atoms with E-state index in [0.717, 1.165) is 38.6 Å². The van der Waals surface area contributed by atoms with Crippen molar-refractivity contribution in [2.45, 2.75) is 63.8 Å². The normalized spacial score (nSPS) is 26.2. The molecular formula is C16H28N2O3. The van der Waals surface area contributed by atoms with Crippen molar-refractivity contribution in [1.29, 1.82) is 0 Å². The lowest BCUT2D eigenvalue weighted by Gasteiger charge is -2.28. The number of aliphatic carboxylic acids is 1. The highest BCUT2D eigenvalue weighted by Crippen LogP contribution is 2.38. The molecule has 1 saturated carbocycles. The second-order valence-electron chi connectivity index (χ2n) is 6.76. The smallest absolute Gasteiger partial charge is 0.310 e. The summed E-state index contributed by atoms with van der Waals surface area (Å²) >= 11 is 0. The van der Waals surface area contributed by atoms with E-state index in [1.807, 2.05) is 0 Å². The third-order valence-electron chi connectivity index (χ3n) is 5.22. The molecule has 2 aliphatic rings. The molecule has 1 aliphatic heterocycles. The molecule has 1 saturated heterocycles. The van der Waals surface area contributed by atoms with Crippen molar-refractivity contribution >= 4 is 11.9 Å². The predicted molar refractivity (Wildman–Crippen MR) is 81.0 cm³/mol. The molecule has 21 heavy (non-hydrogen) atoms. The molecule has 5 nitrogen and oxygen atoms in total. The molecule has 1 aliphatic carbocycles. The average Bonchev–Trinajstić information content (AvgIpc) is 2.70. The number of carboxylic acids is 1. The van der Waals surface area contributed by atoms with Gasteiger partial charge < -0.3 is 15.3 Å². The molecular weight excluding hydrogens is 268 g/mol. The van der Waals surface area contributed by atoms with Crippen LogP contribution in [-0.4, -0.2) is 48.1 Å². The van der Waals surface area contributed by atoms with E-state index in [-0.39, 0.29) is 12.3 Å². The first-order chi connectivity index (χ1) is 10.0. The van der Waals surface area contributed by atoms with Crippen molar-refractivity contribution in [3.8, 4) is 0 Å². The van der Waals surface area contributed by atoms with Crippen molar-refractivity contribution in [2.24, 2.45) is 5.41 Å². The van der Waals surface area contributed by atoms with Gasteiger partial charge in [-0.1, -0.05) is 25.7 Å². The largest absolute Gasteiger partial charge is 0.481 e. The summed E-state index contributed by atoms with van der Waals surface area (Å²) in [5.74, 6) is -0.892. The molecule has 0 aromatic rings. The fraction of sp³-hybridized carbons (Fsp3) is 0.875. The molecule has 0 aromatic heterocycles. The van der Waals surface area contributed by atoms with Crippen LogP contribution in [0.3, 0.4) is 0 Å². The Morgan fingerprint density at radius 2 is 1.86 bits per heavy atom. The van der Waals surface area contributed by atoms with Gasteiger partial charge in [-0.25, -0.2) is 0 Å². The summed E-state index contributed by atoms with van der Waals surface area (Å²) in [5.41, 5.74) is -0.831. The van der Waals surface area contributed by atoms with E-state index in [9.17, 15) is 14.7 Å². The fourth-order valence-electron chi connectivity index (χ4n) is 3.71. The molecule has 0 bridgehead atoms. The predicted octanol–water partition coefficient (Wildman–Crippen LogP) is 2.01. The average molecular weight is 296 g/mol. The molecule has 1 unspecified atom stereocenters. The van der Waals surface area contributed by atoms with Gasteiger partial charge in [0.2, 0.25) is 5.91 Å². The van der Waals surface area contributed by atoms with Crippen molar-refractivity contribution in [3.05, 3.63) is 0 Å². The van der Waals surface area contributed by atoms with Crippen LogP contribution in [0.5, 0.6) is 0 Å². The summed E-state index contributed by atoms with van der Waals surface area (Å²) < 4.78 is 0. The van der Waals surface area contributed by atoms with Crippen molar-refractivity contribution in [2.75, 3.05) is 20.1 Å². The van der Waals surface area contributed by atoms with Gasteiger partial charge in [-0.3, -0.25) is 9.59 Å². The zero-order chi connectivity index (χ0) is 15.3.